The molecule has 1 aromatic heterocycles. The first-order valence-corrected chi connectivity index (χ1v) is 4.84. The van der Waals surface area contributed by atoms with Crippen molar-refractivity contribution in [2.24, 2.45) is 0 Å². The molecule has 0 unspecified atom stereocenters. The van der Waals surface area contributed by atoms with Crippen molar-refractivity contribution in [3.63, 3.8) is 0 Å². The van der Waals surface area contributed by atoms with Crippen LogP contribution in [0.1, 0.15) is 0 Å². The summed E-state index contributed by atoms with van der Waals surface area (Å²) in [5, 5.41) is 18.1. The number of aromatic nitrogens is 1. The molecule has 2 rings (SSSR count). The zero-order chi connectivity index (χ0) is 11.5. The smallest absolute Gasteiger partial charge is 0.423 e. The molecule has 4 nitrogen and oxygen atoms in total. The molecule has 80 valence electrons. The Morgan fingerprint density at radius 2 is 1.88 bits per heavy atom. The third kappa shape index (κ3) is 2.05. The SMILES string of the molecule is Nc1ccccc1-c1cncc(B(O)O)c1. The van der Waals surface area contributed by atoms with Crippen LogP contribution in [-0.4, -0.2) is 22.2 Å². The van der Waals surface area contributed by atoms with Gasteiger partial charge in [0.15, 0.2) is 0 Å². The molecule has 0 amide bonds. The van der Waals surface area contributed by atoms with Crippen LogP contribution in [0.3, 0.4) is 0 Å². The normalized spacial score (nSPS) is 10.1. The number of benzene rings is 1. The van der Waals surface area contributed by atoms with Gasteiger partial charge in [-0.05, 0) is 6.07 Å². The van der Waals surface area contributed by atoms with E-state index in [0.717, 1.165) is 11.1 Å². The summed E-state index contributed by atoms with van der Waals surface area (Å²) in [6, 6.07) is 9.02. The molecule has 0 fully saturated rings. The van der Waals surface area contributed by atoms with Crippen molar-refractivity contribution in [3.8, 4) is 11.1 Å². The van der Waals surface area contributed by atoms with Crippen LogP contribution in [0, 0.1) is 0 Å². The third-order valence-corrected chi connectivity index (χ3v) is 2.33. The number of rotatable bonds is 2. The number of nitrogens with two attached hydrogens (primary N) is 1. The van der Waals surface area contributed by atoms with Crippen molar-refractivity contribution in [1.29, 1.82) is 0 Å². The average molecular weight is 214 g/mol. The average Bonchev–Trinajstić information content (AvgIpc) is 2.30. The Hall–Kier alpha value is -1.85. The lowest BCUT2D eigenvalue weighted by molar-refractivity contribution is 0.425. The van der Waals surface area contributed by atoms with Crippen molar-refractivity contribution >= 4 is 18.3 Å². The van der Waals surface area contributed by atoms with Crippen LogP contribution in [0.4, 0.5) is 5.69 Å². The van der Waals surface area contributed by atoms with Gasteiger partial charge in [-0.25, -0.2) is 0 Å². The molecule has 4 N–H and O–H groups in total. The Balaban J connectivity index is 2.49. The van der Waals surface area contributed by atoms with Crippen LogP contribution in [0.5, 0.6) is 0 Å². The fraction of sp³-hybridized carbons (Fsp3) is 0. The zero-order valence-corrected chi connectivity index (χ0v) is 8.54. The molecule has 1 heterocycles. The first-order valence-electron chi connectivity index (χ1n) is 4.84. The Morgan fingerprint density at radius 3 is 2.56 bits per heavy atom. The number of nitrogen functional groups attached to an aromatic ring is 1. The highest BCUT2D eigenvalue weighted by Gasteiger charge is 2.12. The second-order valence-electron chi connectivity index (χ2n) is 3.47. The van der Waals surface area contributed by atoms with Crippen LogP contribution in [0.15, 0.2) is 42.7 Å². The molecular weight excluding hydrogens is 203 g/mol. The maximum Gasteiger partial charge on any atom is 0.490 e. The van der Waals surface area contributed by atoms with Gasteiger partial charge in [0.05, 0.1) is 0 Å². The number of hydrogen-bond donors (Lipinski definition) is 3. The van der Waals surface area contributed by atoms with Crippen molar-refractivity contribution in [3.05, 3.63) is 42.7 Å². The van der Waals surface area contributed by atoms with E-state index in [4.69, 9.17) is 15.8 Å². The summed E-state index contributed by atoms with van der Waals surface area (Å²) in [5.41, 5.74) is 8.41. The molecule has 0 saturated heterocycles. The standard InChI is InChI=1S/C11H11BN2O2/c13-11-4-2-1-3-10(11)8-5-9(12(15)16)7-14-6-8/h1-7,15-16H,13H2. The zero-order valence-electron chi connectivity index (χ0n) is 8.54. The van der Waals surface area contributed by atoms with Gasteiger partial charge in [-0.2, -0.15) is 0 Å². The van der Waals surface area contributed by atoms with Gasteiger partial charge in [0.1, 0.15) is 0 Å². The summed E-state index contributed by atoms with van der Waals surface area (Å²) in [7, 11) is -1.52. The Bertz CT molecular complexity index is 503. The Kier molecular flexibility index (Phi) is 2.89. The van der Waals surface area contributed by atoms with E-state index in [9.17, 15) is 0 Å². The summed E-state index contributed by atoms with van der Waals surface area (Å²) < 4.78 is 0. The topological polar surface area (TPSA) is 79.4 Å². The number of nitrogens with zero attached hydrogens (tertiary/aromatic N) is 1. The molecule has 0 aliphatic carbocycles. The number of pyridine rings is 1. The van der Waals surface area contributed by atoms with Gasteiger partial charge in [0, 0.05) is 34.7 Å². The summed E-state index contributed by atoms with van der Waals surface area (Å²) in [6.07, 6.45) is 3.05. The predicted molar refractivity (Wildman–Crippen MR) is 63.9 cm³/mol. The first kappa shape index (κ1) is 10.7. The minimum atomic E-state index is -1.52. The van der Waals surface area contributed by atoms with Crippen LogP contribution in [-0.2, 0) is 0 Å². The predicted octanol–water partition coefficient (Wildman–Crippen LogP) is 0.0106. The maximum absolute atomic E-state index is 9.05. The van der Waals surface area contributed by atoms with E-state index in [2.05, 4.69) is 4.98 Å². The number of anilines is 1. The van der Waals surface area contributed by atoms with E-state index in [-0.39, 0.29) is 0 Å². The second-order valence-corrected chi connectivity index (χ2v) is 3.47. The largest absolute Gasteiger partial charge is 0.490 e. The van der Waals surface area contributed by atoms with Crippen LogP contribution in [0.2, 0.25) is 0 Å². The highest BCUT2D eigenvalue weighted by Crippen LogP contribution is 2.23. The van der Waals surface area contributed by atoms with Gasteiger partial charge < -0.3 is 15.8 Å². The van der Waals surface area contributed by atoms with Gasteiger partial charge in [0.2, 0.25) is 0 Å². The van der Waals surface area contributed by atoms with E-state index >= 15 is 0 Å². The quantitative estimate of drug-likeness (QED) is 0.486. The van der Waals surface area contributed by atoms with Crippen LogP contribution >= 0.6 is 0 Å². The number of para-hydroxylation sites is 1. The van der Waals surface area contributed by atoms with E-state index in [0.29, 0.717) is 11.2 Å². The van der Waals surface area contributed by atoms with E-state index < -0.39 is 7.12 Å². The summed E-state index contributed by atoms with van der Waals surface area (Å²) in [6.45, 7) is 0. The summed E-state index contributed by atoms with van der Waals surface area (Å²) >= 11 is 0. The molecule has 5 heteroatoms. The van der Waals surface area contributed by atoms with Crippen molar-refractivity contribution in [1.82, 2.24) is 4.98 Å². The van der Waals surface area contributed by atoms with E-state index in [1.54, 1.807) is 18.3 Å². The lowest BCUT2D eigenvalue weighted by atomic mass is 9.80. The first-order chi connectivity index (χ1) is 7.68. The fourth-order valence-electron chi connectivity index (χ4n) is 1.51. The van der Waals surface area contributed by atoms with Crippen LogP contribution < -0.4 is 11.2 Å². The molecule has 0 aliphatic heterocycles. The van der Waals surface area contributed by atoms with Gasteiger partial charge in [-0.1, -0.05) is 24.3 Å². The highest BCUT2D eigenvalue weighted by atomic mass is 16.4. The monoisotopic (exact) mass is 214 g/mol. The minimum Gasteiger partial charge on any atom is -0.423 e. The lowest BCUT2D eigenvalue weighted by Gasteiger charge is -2.06. The minimum absolute atomic E-state index is 0.348. The van der Waals surface area contributed by atoms with Crippen molar-refractivity contribution < 1.29 is 10.0 Å². The molecular formula is C11H11BN2O2. The molecule has 0 bridgehead atoms. The molecule has 0 radical (unpaired) electrons. The third-order valence-electron chi connectivity index (χ3n) is 2.33. The Morgan fingerprint density at radius 1 is 1.12 bits per heavy atom. The van der Waals surface area contributed by atoms with E-state index in [1.165, 1.54) is 6.20 Å². The van der Waals surface area contributed by atoms with E-state index in [1.807, 2.05) is 18.2 Å². The number of hydrogen-bond acceptors (Lipinski definition) is 4. The second kappa shape index (κ2) is 4.34. The molecule has 2 aromatic rings. The van der Waals surface area contributed by atoms with Gasteiger partial charge in [0.25, 0.3) is 0 Å². The van der Waals surface area contributed by atoms with Crippen LogP contribution in [0.25, 0.3) is 11.1 Å². The van der Waals surface area contributed by atoms with Crippen molar-refractivity contribution in [2.75, 3.05) is 5.73 Å². The fourth-order valence-corrected chi connectivity index (χ4v) is 1.51. The van der Waals surface area contributed by atoms with Gasteiger partial charge in [-0.15, -0.1) is 0 Å². The highest BCUT2D eigenvalue weighted by molar-refractivity contribution is 6.58. The summed E-state index contributed by atoms with van der Waals surface area (Å²) in [4.78, 5) is 3.95. The Labute approximate surface area is 93.5 Å². The molecule has 0 spiro atoms. The van der Waals surface area contributed by atoms with Gasteiger partial charge in [-0.3, -0.25) is 4.98 Å². The lowest BCUT2D eigenvalue weighted by Crippen LogP contribution is -2.30. The van der Waals surface area contributed by atoms with Gasteiger partial charge >= 0.3 is 7.12 Å². The molecule has 0 saturated carbocycles. The molecule has 1 aromatic carbocycles. The molecule has 0 atom stereocenters. The maximum atomic E-state index is 9.05. The molecule has 16 heavy (non-hydrogen) atoms. The summed E-state index contributed by atoms with van der Waals surface area (Å²) in [5.74, 6) is 0. The molecule has 0 aliphatic rings. The van der Waals surface area contributed by atoms with Crippen molar-refractivity contribution in [2.45, 2.75) is 0 Å².